The predicted octanol–water partition coefficient (Wildman–Crippen LogP) is 5.49. The Morgan fingerprint density at radius 3 is 1.90 bits per heavy atom. The molecule has 0 amide bonds. The molecule has 2 saturated heterocycles. The van der Waals surface area contributed by atoms with Gasteiger partial charge >= 0.3 is 0 Å². The van der Waals surface area contributed by atoms with E-state index in [2.05, 4.69) is 27.7 Å². The summed E-state index contributed by atoms with van der Waals surface area (Å²) in [6.45, 7) is 9.25. The molecule has 2 rings (SSSR count). The molecular formula is C19H36O2. The fourth-order valence-electron chi connectivity index (χ4n) is 3.33. The second-order valence-electron chi connectivity index (χ2n) is 8.32. The average molecular weight is 296 g/mol. The highest BCUT2D eigenvalue weighted by Gasteiger charge is 2.47. The van der Waals surface area contributed by atoms with Crippen molar-refractivity contribution in [2.45, 2.75) is 116 Å². The summed E-state index contributed by atoms with van der Waals surface area (Å²) in [5, 5.41) is 0. The Balaban J connectivity index is 1.37. The number of ether oxygens (including phenoxy) is 2. The lowest BCUT2D eigenvalue weighted by molar-refractivity contribution is 0.318. The number of hydrogen-bond acceptors (Lipinski definition) is 2. The van der Waals surface area contributed by atoms with Crippen molar-refractivity contribution in [3.05, 3.63) is 0 Å². The lowest BCUT2D eigenvalue weighted by Gasteiger charge is -2.17. The normalized spacial score (nSPS) is 31.4. The summed E-state index contributed by atoms with van der Waals surface area (Å²) in [4.78, 5) is 0. The molecule has 2 aliphatic rings. The van der Waals surface area contributed by atoms with Crippen LogP contribution in [-0.4, -0.2) is 24.4 Å². The zero-order valence-corrected chi connectivity index (χ0v) is 14.7. The molecule has 4 atom stereocenters. The van der Waals surface area contributed by atoms with Crippen LogP contribution >= 0.6 is 0 Å². The quantitative estimate of drug-likeness (QED) is 0.372. The Morgan fingerprint density at radius 2 is 1.29 bits per heavy atom. The van der Waals surface area contributed by atoms with Crippen LogP contribution in [0.15, 0.2) is 0 Å². The van der Waals surface area contributed by atoms with Crippen molar-refractivity contribution in [2.24, 2.45) is 5.41 Å². The van der Waals surface area contributed by atoms with Gasteiger partial charge in [0.2, 0.25) is 0 Å². The van der Waals surface area contributed by atoms with Crippen LogP contribution in [0, 0.1) is 5.41 Å². The zero-order chi connectivity index (χ0) is 15.3. The van der Waals surface area contributed by atoms with Gasteiger partial charge in [-0.1, -0.05) is 66.2 Å². The highest BCUT2D eigenvalue weighted by Crippen LogP contribution is 2.38. The Hall–Kier alpha value is -0.0800. The molecule has 0 aliphatic carbocycles. The average Bonchev–Trinajstić information content (AvgIpc) is 3.28. The van der Waals surface area contributed by atoms with Crippen molar-refractivity contribution in [3.63, 3.8) is 0 Å². The minimum Gasteiger partial charge on any atom is -0.369 e. The molecule has 2 heterocycles. The molecule has 0 aromatic rings. The van der Waals surface area contributed by atoms with Crippen molar-refractivity contribution < 1.29 is 9.47 Å². The summed E-state index contributed by atoms with van der Waals surface area (Å²) in [7, 11) is 0. The third kappa shape index (κ3) is 7.15. The topological polar surface area (TPSA) is 25.1 Å². The van der Waals surface area contributed by atoms with Gasteiger partial charge in [0.25, 0.3) is 0 Å². The van der Waals surface area contributed by atoms with E-state index in [1.807, 2.05) is 0 Å². The lowest BCUT2D eigenvalue weighted by atomic mass is 9.89. The summed E-state index contributed by atoms with van der Waals surface area (Å²) in [6.07, 6.45) is 15.4. The van der Waals surface area contributed by atoms with Crippen LogP contribution in [-0.2, 0) is 9.47 Å². The maximum absolute atomic E-state index is 5.79. The Bertz CT molecular complexity index is 294. The Kier molecular flexibility index (Phi) is 6.55. The molecule has 21 heavy (non-hydrogen) atoms. The summed E-state index contributed by atoms with van der Waals surface area (Å²) in [5.41, 5.74) is 0.510. The summed E-state index contributed by atoms with van der Waals surface area (Å²) < 4.78 is 11.5. The molecule has 0 aromatic heterocycles. The van der Waals surface area contributed by atoms with Crippen molar-refractivity contribution in [1.29, 1.82) is 0 Å². The molecule has 124 valence electrons. The fourth-order valence-corrected chi connectivity index (χ4v) is 3.33. The van der Waals surface area contributed by atoms with E-state index in [1.54, 1.807) is 0 Å². The van der Waals surface area contributed by atoms with Crippen LogP contribution in [0.2, 0.25) is 0 Å². The van der Waals surface area contributed by atoms with Gasteiger partial charge in [-0.15, -0.1) is 0 Å². The van der Waals surface area contributed by atoms with Gasteiger partial charge in [-0.25, -0.2) is 0 Å². The first-order chi connectivity index (χ1) is 9.99. The molecule has 0 aromatic carbocycles. The Labute approximate surface area is 132 Å². The van der Waals surface area contributed by atoms with Crippen molar-refractivity contribution in [2.75, 3.05) is 0 Å². The molecule has 2 nitrogen and oxygen atoms in total. The molecule has 2 aliphatic heterocycles. The van der Waals surface area contributed by atoms with Crippen molar-refractivity contribution in [3.8, 4) is 0 Å². The van der Waals surface area contributed by atoms with Gasteiger partial charge in [-0.2, -0.15) is 0 Å². The SMILES string of the molecule is CCCC1OC1CC1OC1CCCCCCCC(C)(C)C. The van der Waals surface area contributed by atoms with E-state index in [0.717, 1.165) is 6.42 Å². The Morgan fingerprint density at radius 1 is 0.714 bits per heavy atom. The molecule has 2 fully saturated rings. The highest BCUT2D eigenvalue weighted by molar-refractivity contribution is 4.94. The van der Waals surface area contributed by atoms with E-state index in [1.165, 1.54) is 57.8 Å². The third-order valence-corrected chi connectivity index (χ3v) is 4.83. The van der Waals surface area contributed by atoms with Crippen LogP contribution in [0.5, 0.6) is 0 Å². The molecule has 4 unspecified atom stereocenters. The van der Waals surface area contributed by atoms with Crippen molar-refractivity contribution >= 4 is 0 Å². The first-order valence-corrected chi connectivity index (χ1v) is 9.30. The molecule has 2 heteroatoms. The standard InChI is InChI=1S/C19H36O2/c1-5-11-15-17(20-15)14-18-16(21-18)12-9-7-6-8-10-13-19(2,3)4/h15-18H,5-14H2,1-4H3. The first-order valence-electron chi connectivity index (χ1n) is 9.30. The van der Waals surface area contributed by atoms with Crippen LogP contribution in [0.1, 0.15) is 91.9 Å². The van der Waals surface area contributed by atoms with Crippen LogP contribution in [0.25, 0.3) is 0 Å². The van der Waals surface area contributed by atoms with Crippen LogP contribution in [0.3, 0.4) is 0 Å². The maximum atomic E-state index is 5.79. The van der Waals surface area contributed by atoms with E-state index in [9.17, 15) is 0 Å². The zero-order valence-electron chi connectivity index (χ0n) is 14.7. The van der Waals surface area contributed by atoms with Crippen LogP contribution < -0.4 is 0 Å². The first kappa shape index (κ1) is 17.3. The molecule has 0 spiro atoms. The van der Waals surface area contributed by atoms with E-state index in [0.29, 0.717) is 29.8 Å². The fraction of sp³-hybridized carbons (Fsp3) is 1.00. The van der Waals surface area contributed by atoms with Crippen molar-refractivity contribution in [1.82, 2.24) is 0 Å². The second-order valence-corrected chi connectivity index (χ2v) is 8.32. The minimum atomic E-state index is 0.510. The van der Waals surface area contributed by atoms with Gasteiger partial charge in [0, 0.05) is 6.42 Å². The number of rotatable bonds is 11. The maximum Gasteiger partial charge on any atom is 0.0867 e. The van der Waals surface area contributed by atoms with Gasteiger partial charge in [0.15, 0.2) is 0 Å². The number of unbranched alkanes of at least 4 members (excludes halogenated alkanes) is 4. The summed E-state index contributed by atoms with van der Waals surface area (Å²) in [5.74, 6) is 0. The van der Waals surface area contributed by atoms with Gasteiger partial charge in [0.1, 0.15) is 0 Å². The summed E-state index contributed by atoms with van der Waals surface area (Å²) in [6, 6.07) is 0. The number of hydrogen-bond donors (Lipinski definition) is 0. The smallest absolute Gasteiger partial charge is 0.0867 e. The van der Waals surface area contributed by atoms with E-state index >= 15 is 0 Å². The van der Waals surface area contributed by atoms with Gasteiger partial charge in [0.05, 0.1) is 24.4 Å². The monoisotopic (exact) mass is 296 g/mol. The van der Waals surface area contributed by atoms with E-state index in [4.69, 9.17) is 9.47 Å². The van der Waals surface area contributed by atoms with Crippen LogP contribution in [0.4, 0.5) is 0 Å². The molecule has 0 saturated carbocycles. The molecular weight excluding hydrogens is 260 g/mol. The third-order valence-electron chi connectivity index (χ3n) is 4.83. The van der Waals surface area contributed by atoms with E-state index < -0.39 is 0 Å². The largest absolute Gasteiger partial charge is 0.369 e. The molecule has 0 radical (unpaired) electrons. The minimum absolute atomic E-state index is 0.510. The number of epoxide rings is 2. The van der Waals surface area contributed by atoms with E-state index in [-0.39, 0.29) is 0 Å². The highest BCUT2D eigenvalue weighted by atomic mass is 16.6. The van der Waals surface area contributed by atoms with Gasteiger partial charge < -0.3 is 9.47 Å². The molecule has 0 N–H and O–H groups in total. The summed E-state index contributed by atoms with van der Waals surface area (Å²) >= 11 is 0. The van der Waals surface area contributed by atoms with Gasteiger partial charge in [-0.05, 0) is 24.7 Å². The lowest BCUT2D eigenvalue weighted by Crippen LogP contribution is -2.04. The predicted molar refractivity (Wildman–Crippen MR) is 88.6 cm³/mol. The van der Waals surface area contributed by atoms with Gasteiger partial charge in [-0.3, -0.25) is 0 Å². The molecule has 0 bridgehead atoms. The second kappa shape index (κ2) is 7.97.